The highest BCUT2D eigenvalue weighted by Crippen LogP contribution is 2.32. The molecular weight excluding hydrogens is 422 g/mol. The molecule has 1 unspecified atom stereocenters. The van der Waals surface area contributed by atoms with E-state index in [0.29, 0.717) is 11.6 Å². The van der Waals surface area contributed by atoms with Crippen molar-refractivity contribution in [3.05, 3.63) is 30.0 Å². The smallest absolute Gasteiger partial charge is 0.238 e. The molecule has 1 saturated heterocycles. The van der Waals surface area contributed by atoms with Crippen molar-refractivity contribution >= 4 is 61.8 Å². The van der Waals surface area contributed by atoms with Gasteiger partial charge in [0.2, 0.25) is 11.8 Å². The number of nitrogens with zero attached hydrogens (tertiary/aromatic N) is 3. The van der Waals surface area contributed by atoms with Gasteiger partial charge in [0, 0.05) is 24.8 Å². The summed E-state index contributed by atoms with van der Waals surface area (Å²) in [5.41, 5.74) is 1.68. The number of carbonyl (C=O) groups excluding carboxylic acids is 2. The Labute approximate surface area is 182 Å². The van der Waals surface area contributed by atoms with Crippen LogP contribution < -0.4 is 15.5 Å². The van der Waals surface area contributed by atoms with Crippen LogP contribution in [0.4, 0.5) is 16.6 Å². The van der Waals surface area contributed by atoms with E-state index in [9.17, 15) is 9.59 Å². The van der Waals surface area contributed by atoms with Gasteiger partial charge < -0.3 is 20.1 Å². The van der Waals surface area contributed by atoms with Gasteiger partial charge in [-0.05, 0) is 44.9 Å². The summed E-state index contributed by atoms with van der Waals surface area (Å²) in [5.74, 6) is 0.796. The summed E-state index contributed by atoms with van der Waals surface area (Å²) in [5, 5.41) is 9.96. The zero-order valence-corrected chi connectivity index (χ0v) is 18.4. The number of hydrogen-bond donors (Lipinski definition) is 2. The van der Waals surface area contributed by atoms with Gasteiger partial charge in [-0.1, -0.05) is 16.5 Å². The molecule has 30 heavy (non-hydrogen) atoms. The highest BCUT2D eigenvalue weighted by molar-refractivity contribution is 8.01. The topological polar surface area (TPSA) is 100 Å². The summed E-state index contributed by atoms with van der Waals surface area (Å²) in [4.78, 5) is 31.5. The molecule has 10 heteroatoms. The second-order valence-corrected chi connectivity index (χ2v) is 9.52. The fourth-order valence-corrected chi connectivity index (χ4v) is 4.90. The van der Waals surface area contributed by atoms with Crippen molar-refractivity contribution in [2.45, 2.75) is 31.9 Å². The number of rotatable bonds is 7. The van der Waals surface area contributed by atoms with Crippen LogP contribution in [0.5, 0.6) is 0 Å². The fraction of sp³-hybridized carbons (Fsp3) is 0.400. The first-order valence-electron chi connectivity index (χ1n) is 9.79. The van der Waals surface area contributed by atoms with E-state index in [0.717, 1.165) is 34.1 Å². The van der Waals surface area contributed by atoms with Crippen LogP contribution in [-0.4, -0.2) is 46.0 Å². The normalized spacial score (nSPS) is 14.8. The zero-order chi connectivity index (χ0) is 21.1. The third-order valence-electron chi connectivity index (χ3n) is 4.75. The number of nitrogens with one attached hydrogen (secondary N) is 2. The minimum absolute atomic E-state index is 0.152. The summed E-state index contributed by atoms with van der Waals surface area (Å²) >= 11 is 2.92. The van der Waals surface area contributed by atoms with E-state index in [2.05, 4.69) is 20.7 Å². The van der Waals surface area contributed by atoms with Crippen LogP contribution in [0.25, 0.3) is 10.2 Å². The molecule has 1 aliphatic rings. The van der Waals surface area contributed by atoms with E-state index < -0.39 is 5.25 Å². The van der Waals surface area contributed by atoms with E-state index in [1.54, 1.807) is 31.3 Å². The largest absolute Gasteiger partial charge is 0.360 e. The number of hydrogen-bond acceptors (Lipinski definition) is 8. The van der Waals surface area contributed by atoms with Crippen molar-refractivity contribution < 1.29 is 14.1 Å². The van der Waals surface area contributed by atoms with Gasteiger partial charge in [-0.3, -0.25) is 9.59 Å². The molecule has 0 bridgehead atoms. The number of thiazole rings is 1. The molecule has 3 aromatic rings. The Balaban J connectivity index is 1.29. The Hall–Kier alpha value is -2.59. The predicted molar refractivity (Wildman–Crippen MR) is 121 cm³/mol. The molecular formula is C20H23N5O3S2. The minimum atomic E-state index is -0.403. The van der Waals surface area contributed by atoms with E-state index >= 15 is 0 Å². The van der Waals surface area contributed by atoms with Crippen molar-refractivity contribution in [3.63, 3.8) is 0 Å². The molecule has 158 valence electrons. The molecule has 1 atom stereocenters. The van der Waals surface area contributed by atoms with Crippen LogP contribution in [0, 0.1) is 6.92 Å². The number of anilines is 3. The number of benzene rings is 1. The Morgan fingerprint density at radius 1 is 1.27 bits per heavy atom. The molecule has 0 aliphatic carbocycles. The van der Waals surface area contributed by atoms with Crippen LogP contribution in [0.2, 0.25) is 0 Å². The first-order chi connectivity index (χ1) is 14.5. The van der Waals surface area contributed by atoms with Crippen LogP contribution in [0.1, 0.15) is 25.5 Å². The summed E-state index contributed by atoms with van der Waals surface area (Å²) in [6.07, 6.45) is 2.42. The number of fused-ring (bicyclic) bond motifs is 1. The molecule has 2 N–H and O–H groups in total. The lowest BCUT2D eigenvalue weighted by Gasteiger charge is -2.11. The molecule has 1 aliphatic heterocycles. The lowest BCUT2D eigenvalue weighted by Crippen LogP contribution is -2.25. The molecule has 0 spiro atoms. The number of aromatic nitrogens is 2. The maximum Gasteiger partial charge on any atom is 0.238 e. The molecule has 2 aromatic heterocycles. The van der Waals surface area contributed by atoms with Crippen molar-refractivity contribution in [1.29, 1.82) is 0 Å². The van der Waals surface area contributed by atoms with Gasteiger partial charge in [-0.2, -0.15) is 0 Å². The Morgan fingerprint density at radius 2 is 2.07 bits per heavy atom. The Morgan fingerprint density at radius 3 is 2.80 bits per heavy atom. The number of amides is 2. The van der Waals surface area contributed by atoms with Gasteiger partial charge in [-0.25, -0.2) is 4.98 Å². The predicted octanol–water partition coefficient (Wildman–Crippen LogP) is 3.89. The maximum atomic E-state index is 12.3. The first kappa shape index (κ1) is 20.7. The average Bonchev–Trinajstić information content (AvgIpc) is 3.46. The van der Waals surface area contributed by atoms with Gasteiger partial charge in [-0.15, -0.1) is 11.8 Å². The first-order valence-corrected chi connectivity index (χ1v) is 11.7. The second kappa shape index (κ2) is 9.05. The highest BCUT2D eigenvalue weighted by Gasteiger charge is 2.18. The molecule has 1 fully saturated rings. The molecule has 3 heterocycles. The molecule has 0 saturated carbocycles. The number of carbonyl (C=O) groups is 2. The molecule has 1 aromatic carbocycles. The van der Waals surface area contributed by atoms with Gasteiger partial charge in [0.1, 0.15) is 5.76 Å². The van der Waals surface area contributed by atoms with E-state index in [1.807, 2.05) is 18.2 Å². The van der Waals surface area contributed by atoms with Gasteiger partial charge in [0.15, 0.2) is 10.9 Å². The summed E-state index contributed by atoms with van der Waals surface area (Å²) < 4.78 is 5.98. The second-order valence-electron chi connectivity index (χ2n) is 7.19. The van der Waals surface area contributed by atoms with Crippen LogP contribution >= 0.6 is 23.1 Å². The summed E-state index contributed by atoms with van der Waals surface area (Å²) in [6.45, 7) is 5.62. The van der Waals surface area contributed by atoms with Gasteiger partial charge >= 0.3 is 0 Å². The number of thioether (sulfide) groups is 1. The SMILES string of the molecule is Cc1cc(NC(=O)C(C)SCC(=O)Nc2ccc3nc(N4CCCC4)sc3c2)no1. The highest BCUT2D eigenvalue weighted by atomic mass is 32.2. The molecule has 2 amide bonds. The van der Waals surface area contributed by atoms with Crippen molar-refractivity contribution in [1.82, 2.24) is 10.1 Å². The third-order valence-corrected chi connectivity index (χ3v) is 6.97. The van der Waals surface area contributed by atoms with Crippen LogP contribution in [-0.2, 0) is 9.59 Å². The van der Waals surface area contributed by atoms with E-state index in [1.165, 1.54) is 24.6 Å². The average molecular weight is 446 g/mol. The lowest BCUT2D eigenvalue weighted by molar-refractivity contribution is -0.115. The fourth-order valence-electron chi connectivity index (χ4n) is 3.16. The standard InChI is InChI=1S/C20H23N5O3S2/c1-12-9-17(24-28-12)23-19(27)13(2)29-11-18(26)21-14-5-6-15-16(10-14)30-20(22-15)25-7-3-4-8-25/h5-6,9-10,13H,3-4,7-8,11H2,1-2H3,(H,21,26)(H,23,24,27). The Kier molecular flexibility index (Phi) is 6.24. The van der Waals surface area contributed by atoms with Crippen LogP contribution in [0.15, 0.2) is 28.8 Å². The zero-order valence-electron chi connectivity index (χ0n) is 16.8. The monoisotopic (exact) mass is 445 g/mol. The van der Waals surface area contributed by atoms with Crippen molar-refractivity contribution in [2.24, 2.45) is 0 Å². The van der Waals surface area contributed by atoms with Crippen LogP contribution in [0.3, 0.4) is 0 Å². The summed E-state index contributed by atoms with van der Waals surface area (Å²) in [7, 11) is 0. The summed E-state index contributed by atoms with van der Waals surface area (Å²) in [6, 6.07) is 7.40. The quantitative estimate of drug-likeness (QED) is 0.569. The lowest BCUT2D eigenvalue weighted by atomic mass is 10.3. The van der Waals surface area contributed by atoms with E-state index in [-0.39, 0.29) is 17.6 Å². The Bertz CT molecular complexity index is 1060. The molecule has 0 radical (unpaired) electrons. The minimum Gasteiger partial charge on any atom is -0.360 e. The van der Waals surface area contributed by atoms with E-state index in [4.69, 9.17) is 9.51 Å². The number of aryl methyl sites for hydroxylation is 1. The third kappa shape index (κ3) is 4.93. The molecule has 4 rings (SSSR count). The van der Waals surface area contributed by atoms with Crippen molar-refractivity contribution in [2.75, 3.05) is 34.4 Å². The molecule has 8 nitrogen and oxygen atoms in total. The van der Waals surface area contributed by atoms with Crippen molar-refractivity contribution in [3.8, 4) is 0 Å². The maximum absolute atomic E-state index is 12.3. The van der Waals surface area contributed by atoms with Gasteiger partial charge in [0.25, 0.3) is 0 Å². The van der Waals surface area contributed by atoms with Gasteiger partial charge in [0.05, 0.1) is 21.2 Å².